The molecule has 0 fully saturated rings. The van der Waals surface area contributed by atoms with E-state index in [1.165, 1.54) is 0 Å². The molecule has 0 bridgehead atoms. The SMILES string of the molecule is CC(C)(C)OC(=O)CC(=O)CC(=O)COCc1ccccc1. The van der Waals surface area contributed by atoms with E-state index in [1.54, 1.807) is 20.8 Å². The molecule has 1 aromatic rings. The molecule has 0 atom stereocenters. The summed E-state index contributed by atoms with van der Waals surface area (Å²) in [5.41, 5.74) is 0.315. The zero-order valence-electron chi connectivity index (χ0n) is 13.3. The number of carbonyl (C=O) groups is 3. The van der Waals surface area contributed by atoms with E-state index in [0.29, 0.717) is 6.61 Å². The Bertz CT molecular complexity index is 514. The highest BCUT2D eigenvalue weighted by atomic mass is 16.6. The number of Topliss-reactive ketones (excluding diaryl/α,β-unsaturated/α-hetero) is 2. The van der Waals surface area contributed by atoms with E-state index in [-0.39, 0.29) is 25.2 Å². The topological polar surface area (TPSA) is 69.7 Å². The van der Waals surface area contributed by atoms with E-state index in [2.05, 4.69) is 0 Å². The standard InChI is InChI=1S/C17H22O5/c1-17(2,3)22-16(20)10-14(18)9-15(19)12-21-11-13-7-5-4-6-8-13/h4-8H,9-12H2,1-3H3. The molecule has 0 aliphatic carbocycles. The molecular formula is C17H22O5. The van der Waals surface area contributed by atoms with Gasteiger partial charge in [-0.05, 0) is 26.3 Å². The summed E-state index contributed by atoms with van der Waals surface area (Å²) < 4.78 is 10.3. The van der Waals surface area contributed by atoms with Gasteiger partial charge in [0.1, 0.15) is 18.6 Å². The highest BCUT2D eigenvalue weighted by Crippen LogP contribution is 2.09. The predicted octanol–water partition coefficient (Wildman–Crippen LogP) is 2.46. The Labute approximate surface area is 130 Å². The Morgan fingerprint density at radius 2 is 1.59 bits per heavy atom. The Hall–Kier alpha value is -2.01. The molecule has 0 saturated heterocycles. The molecule has 1 aromatic carbocycles. The van der Waals surface area contributed by atoms with Gasteiger partial charge in [-0.15, -0.1) is 0 Å². The first-order valence-corrected chi connectivity index (χ1v) is 7.13. The molecule has 0 spiro atoms. The lowest BCUT2D eigenvalue weighted by Gasteiger charge is -2.19. The molecule has 1 rings (SSSR count). The Balaban J connectivity index is 2.24. The van der Waals surface area contributed by atoms with Crippen LogP contribution in [0.1, 0.15) is 39.2 Å². The minimum atomic E-state index is -0.639. The molecule has 0 heterocycles. The molecule has 5 nitrogen and oxygen atoms in total. The zero-order valence-corrected chi connectivity index (χ0v) is 13.3. The summed E-state index contributed by atoms with van der Waals surface area (Å²) in [6, 6.07) is 9.43. The number of hydrogen-bond donors (Lipinski definition) is 0. The first-order valence-electron chi connectivity index (χ1n) is 7.13. The fourth-order valence-corrected chi connectivity index (χ4v) is 1.73. The molecule has 0 aliphatic rings. The van der Waals surface area contributed by atoms with Crippen molar-refractivity contribution in [2.45, 2.75) is 45.8 Å². The van der Waals surface area contributed by atoms with E-state index in [0.717, 1.165) is 5.56 Å². The van der Waals surface area contributed by atoms with Crippen molar-refractivity contribution in [2.75, 3.05) is 6.61 Å². The summed E-state index contributed by atoms with van der Waals surface area (Å²) in [5.74, 6) is -1.41. The molecule has 0 unspecified atom stereocenters. The number of esters is 1. The lowest BCUT2D eigenvalue weighted by Crippen LogP contribution is -2.26. The third-order valence-corrected chi connectivity index (χ3v) is 2.53. The maximum Gasteiger partial charge on any atom is 0.313 e. The summed E-state index contributed by atoms with van der Waals surface area (Å²) in [4.78, 5) is 34.7. The maximum atomic E-state index is 11.6. The van der Waals surface area contributed by atoms with Crippen LogP contribution in [0.4, 0.5) is 0 Å². The van der Waals surface area contributed by atoms with Crippen LogP contribution in [0.15, 0.2) is 30.3 Å². The first-order chi connectivity index (χ1) is 10.3. The van der Waals surface area contributed by atoms with Gasteiger partial charge >= 0.3 is 5.97 Å². The number of ether oxygens (including phenoxy) is 2. The van der Waals surface area contributed by atoms with E-state index < -0.39 is 17.4 Å². The van der Waals surface area contributed by atoms with Crippen molar-refractivity contribution < 1.29 is 23.9 Å². The van der Waals surface area contributed by atoms with Gasteiger partial charge in [0.05, 0.1) is 13.0 Å². The number of rotatable bonds is 8. The van der Waals surface area contributed by atoms with E-state index in [9.17, 15) is 14.4 Å². The fourth-order valence-electron chi connectivity index (χ4n) is 1.73. The molecule has 0 amide bonds. The number of hydrogen-bond acceptors (Lipinski definition) is 5. The average Bonchev–Trinajstić information content (AvgIpc) is 2.37. The second-order valence-electron chi connectivity index (χ2n) is 6.00. The van der Waals surface area contributed by atoms with E-state index >= 15 is 0 Å². The first kappa shape index (κ1) is 18.0. The predicted molar refractivity (Wildman–Crippen MR) is 81.2 cm³/mol. The van der Waals surface area contributed by atoms with Crippen LogP contribution in [0.25, 0.3) is 0 Å². The number of ketones is 2. The normalized spacial score (nSPS) is 11.0. The van der Waals surface area contributed by atoms with Crippen LogP contribution in [0.5, 0.6) is 0 Å². The third-order valence-electron chi connectivity index (χ3n) is 2.53. The molecule has 0 aromatic heterocycles. The molecule has 0 aliphatic heterocycles. The maximum absolute atomic E-state index is 11.6. The second-order valence-corrected chi connectivity index (χ2v) is 6.00. The van der Waals surface area contributed by atoms with Crippen LogP contribution in [0.3, 0.4) is 0 Å². The van der Waals surface area contributed by atoms with E-state index in [1.807, 2.05) is 30.3 Å². The van der Waals surface area contributed by atoms with Crippen LogP contribution in [0, 0.1) is 0 Å². The lowest BCUT2D eigenvalue weighted by molar-refractivity contribution is -0.156. The summed E-state index contributed by atoms with van der Waals surface area (Å²) in [5, 5.41) is 0. The van der Waals surface area contributed by atoms with Gasteiger partial charge in [-0.25, -0.2) is 0 Å². The summed E-state index contributed by atoms with van der Waals surface area (Å²) in [6.07, 6.45) is -0.699. The van der Waals surface area contributed by atoms with Gasteiger partial charge < -0.3 is 9.47 Å². The Morgan fingerprint density at radius 1 is 0.955 bits per heavy atom. The van der Waals surface area contributed by atoms with Crippen LogP contribution < -0.4 is 0 Å². The van der Waals surface area contributed by atoms with E-state index in [4.69, 9.17) is 9.47 Å². The second kappa shape index (κ2) is 8.44. The van der Waals surface area contributed by atoms with Crippen molar-refractivity contribution in [1.82, 2.24) is 0 Å². The minimum absolute atomic E-state index is 0.144. The van der Waals surface area contributed by atoms with Crippen LogP contribution in [-0.4, -0.2) is 29.7 Å². The van der Waals surface area contributed by atoms with Gasteiger partial charge in [0, 0.05) is 0 Å². The zero-order chi connectivity index (χ0) is 16.6. The fraction of sp³-hybridized carbons (Fsp3) is 0.471. The largest absolute Gasteiger partial charge is 0.460 e. The van der Waals surface area contributed by atoms with Gasteiger partial charge in [0.15, 0.2) is 11.6 Å². The lowest BCUT2D eigenvalue weighted by atomic mass is 10.1. The molecule has 0 radical (unpaired) electrons. The van der Waals surface area contributed by atoms with Gasteiger partial charge in [-0.2, -0.15) is 0 Å². The van der Waals surface area contributed by atoms with Crippen molar-refractivity contribution in [3.63, 3.8) is 0 Å². The molecule has 0 saturated carbocycles. The Morgan fingerprint density at radius 3 is 2.18 bits per heavy atom. The van der Waals surface area contributed by atoms with Crippen molar-refractivity contribution in [3.8, 4) is 0 Å². The smallest absolute Gasteiger partial charge is 0.313 e. The summed E-state index contributed by atoms with van der Waals surface area (Å²) in [7, 11) is 0. The average molecular weight is 306 g/mol. The van der Waals surface area contributed by atoms with Gasteiger partial charge in [0.2, 0.25) is 0 Å². The number of carbonyl (C=O) groups excluding carboxylic acids is 3. The Kier molecular flexibility index (Phi) is 6.92. The number of benzene rings is 1. The van der Waals surface area contributed by atoms with Gasteiger partial charge in [-0.1, -0.05) is 30.3 Å². The van der Waals surface area contributed by atoms with Crippen molar-refractivity contribution in [3.05, 3.63) is 35.9 Å². The monoisotopic (exact) mass is 306 g/mol. The molecule has 0 N–H and O–H groups in total. The van der Waals surface area contributed by atoms with Crippen LogP contribution in [-0.2, 0) is 30.5 Å². The minimum Gasteiger partial charge on any atom is -0.460 e. The summed E-state index contributed by atoms with van der Waals surface area (Å²) in [6.45, 7) is 5.33. The molecule has 120 valence electrons. The summed E-state index contributed by atoms with van der Waals surface area (Å²) >= 11 is 0. The van der Waals surface area contributed by atoms with Gasteiger partial charge in [-0.3, -0.25) is 14.4 Å². The third kappa shape index (κ3) is 8.32. The van der Waals surface area contributed by atoms with Crippen molar-refractivity contribution >= 4 is 17.5 Å². The molecular weight excluding hydrogens is 284 g/mol. The molecule has 5 heteroatoms. The highest BCUT2D eigenvalue weighted by molar-refractivity contribution is 6.05. The van der Waals surface area contributed by atoms with Gasteiger partial charge in [0.25, 0.3) is 0 Å². The quantitative estimate of drug-likeness (QED) is 0.545. The van der Waals surface area contributed by atoms with Crippen molar-refractivity contribution in [1.29, 1.82) is 0 Å². The van der Waals surface area contributed by atoms with Crippen molar-refractivity contribution in [2.24, 2.45) is 0 Å². The van der Waals surface area contributed by atoms with Crippen LogP contribution in [0.2, 0.25) is 0 Å². The van der Waals surface area contributed by atoms with Crippen LogP contribution >= 0.6 is 0 Å². The molecule has 22 heavy (non-hydrogen) atoms. The highest BCUT2D eigenvalue weighted by Gasteiger charge is 2.20.